The zero-order valence-electron chi connectivity index (χ0n) is 13.8. The number of benzene rings is 2. The molecule has 1 atom stereocenters. The van der Waals surface area contributed by atoms with Crippen molar-refractivity contribution in [2.45, 2.75) is 40.7 Å². The second-order valence-electron chi connectivity index (χ2n) is 5.91. The van der Waals surface area contributed by atoms with E-state index in [0.717, 1.165) is 16.7 Å². The lowest BCUT2D eigenvalue weighted by molar-refractivity contribution is 0.0695. The standard InChI is InChI=1S/C19H23NO2/c1-10-11(2)13(4)17(14(5)12(10)3)18(20)15-8-6-7-9-16(15)19(21)22/h6-9,18H,20H2,1-5H3,(H,21,22)/t18-/m1/s1. The van der Waals surface area contributed by atoms with Crippen molar-refractivity contribution in [3.05, 3.63) is 68.8 Å². The van der Waals surface area contributed by atoms with Crippen LogP contribution in [0.2, 0.25) is 0 Å². The van der Waals surface area contributed by atoms with Gasteiger partial charge in [0.05, 0.1) is 11.6 Å². The van der Waals surface area contributed by atoms with Crippen LogP contribution in [0.25, 0.3) is 0 Å². The van der Waals surface area contributed by atoms with Gasteiger partial charge in [-0.1, -0.05) is 18.2 Å². The first-order chi connectivity index (χ1) is 10.3. The molecule has 2 aromatic rings. The van der Waals surface area contributed by atoms with Crippen molar-refractivity contribution >= 4 is 5.97 Å². The predicted molar refractivity (Wildman–Crippen MR) is 89.6 cm³/mol. The summed E-state index contributed by atoms with van der Waals surface area (Å²) in [6, 6.07) is 6.53. The van der Waals surface area contributed by atoms with Crippen LogP contribution >= 0.6 is 0 Å². The van der Waals surface area contributed by atoms with Gasteiger partial charge < -0.3 is 10.8 Å². The summed E-state index contributed by atoms with van der Waals surface area (Å²) in [7, 11) is 0. The Balaban J connectivity index is 2.71. The molecule has 0 fully saturated rings. The molecular formula is C19H23NO2. The minimum absolute atomic E-state index is 0.268. The molecule has 0 spiro atoms. The second kappa shape index (κ2) is 5.93. The maximum atomic E-state index is 11.5. The van der Waals surface area contributed by atoms with Gasteiger partial charge in [0.1, 0.15) is 0 Å². The molecule has 2 aromatic carbocycles. The third-order valence-electron chi connectivity index (χ3n) is 4.90. The number of carboxylic acids is 1. The molecule has 0 heterocycles. The number of carboxylic acid groups (broad SMARTS) is 1. The molecule has 0 unspecified atom stereocenters. The highest BCUT2D eigenvalue weighted by molar-refractivity contribution is 5.89. The van der Waals surface area contributed by atoms with Gasteiger partial charge in [0.15, 0.2) is 0 Å². The van der Waals surface area contributed by atoms with Crippen molar-refractivity contribution in [2.75, 3.05) is 0 Å². The van der Waals surface area contributed by atoms with Gasteiger partial charge in [0.25, 0.3) is 0 Å². The second-order valence-corrected chi connectivity index (χ2v) is 5.91. The van der Waals surface area contributed by atoms with Gasteiger partial charge in [0.2, 0.25) is 0 Å². The normalized spacial score (nSPS) is 12.3. The van der Waals surface area contributed by atoms with E-state index in [9.17, 15) is 9.90 Å². The lowest BCUT2D eigenvalue weighted by Gasteiger charge is -2.24. The lowest BCUT2D eigenvalue weighted by atomic mass is 9.83. The van der Waals surface area contributed by atoms with Crippen LogP contribution in [0, 0.1) is 34.6 Å². The van der Waals surface area contributed by atoms with Gasteiger partial charge in [0, 0.05) is 0 Å². The topological polar surface area (TPSA) is 63.3 Å². The Morgan fingerprint density at radius 2 is 1.36 bits per heavy atom. The summed E-state index contributed by atoms with van der Waals surface area (Å²) in [5, 5.41) is 9.40. The average Bonchev–Trinajstić information content (AvgIpc) is 2.51. The fraction of sp³-hybridized carbons (Fsp3) is 0.316. The Morgan fingerprint density at radius 1 is 0.909 bits per heavy atom. The predicted octanol–water partition coefficient (Wildman–Crippen LogP) is 3.98. The summed E-state index contributed by atoms with van der Waals surface area (Å²) in [6.07, 6.45) is 0. The molecule has 3 N–H and O–H groups in total. The minimum Gasteiger partial charge on any atom is -0.478 e. The summed E-state index contributed by atoms with van der Waals surface area (Å²) in [6.45, 7) is 10.4. The lowest BCUT2D eigenvalue weighted by Crippen LogP contribution is -2.19. The van der Waals surface area contributed by atoms with Crippen molar-refractivity contribution in [1.82, 2.24) is 0 Å². The summed E-state index contributed by atoms with van der Waals surface area (Å²) >= 11 is 0. The van der Waals surface area contributed by atoms with Gasteiger partial charge in [-0.05, 0) is 79.6 Å². The third kappa shape index (κ3) is 2.53. The number of aromatic carboxylic acids is 1. The van der Waals surface area contributed by atoms with Crippen LogP contribution in [0.1, 0.15) is 55.3 Å². The van der Waals surface area contributed by atoms with Gasteiger partial charge in [-0.25, -0.2) is 4.79 Å². The smallest absolute Gasteiger partial charge is 0.336 e. The Hall–Kier alpha value is -2.13. The molecule has 0 aromatic heterocycles. The van der Waals surface area contributed by atoms with Crippen LogP contribution in [-0.2, 0) is 0 Å². The van der Waals surface area contributed by atoms with E-state index >= 15 is 0 Å². The molecule has 0 aliphatic rings. The summed E-state index contributed by atoms with van der Waals surface area (Å²) in [5.74, 6) is -0.943. The molecule has 2 rings (SSSR count). The molecule has 0 aliphatic heterocycles. The average molecular weight is 297 g/mol. The highest BCUT2D eigenvalue weighted by Crippen LogP contribution is 2.33. The highest BCUT2D eigenvalue weighted by atomic mass is 16.4. The van der Waals surface area contributed by atoms with E-state index in [2.05, 4.69) is 34.6 Å². The van der Waals surface area contributed by atoms with Crippen molar-refractivity contribution < 1.29 is 9.90 Å². The van der Waals surface area contributed by atoms with Gasteiger partial charge in [-0.3, -0.25) is 0 Å². The monoisotopic (exact) mass is 297 g/mol. The molecule has 0 saturated carbocycles. The van der Waals surface area contributed by atoms with Crippen LogP contribution in [0.3, 0.4) is 0 Å². The molecule has 116 valence electrons. The van der Waals surface area contributed by atoms with Crippen LogP contribution in [0.15, 0.2) is 24.3 Å². The fourth-order valence-electron chi connectivity index (χ4n) is 3.11. The van der Waals surface area contributed by atoms with Crippen molar-refractivity contribution in [3.8, 4) is 0 Å². The zero-order valence-corrected chi connectivity index (χ0v) is 13.8. The molecule has 0 bridgehead atoms. The quantitative estimate of drug-likeness (QED) is 0.901. The molecule has 0 saturated heterocycles. The first kappa shape index (κ1) is 16.2. The molecule has 0 amide bonds. The van der Waals surface area contributed by atoms with Gasteiger partial charge in [-0.2, -0.15) is 0 Å². The van der Waals surface area contributed by atoms with E-state index in [1.54, 1.807) is 18.2 Å². The van der Waals surface area contributed by atoms with Crippen molar-refractivity contribution in [2.24, 2.45) is 5.73 Å². The number of carbonyl (C=O) groups is 1. The third-order valence-corrected chi connectivity index (χ3v) is 4.90. The zero-order chi connectivity index (χ0) is 16.6. The first-order valence-corrected chi connectivity index (χ1v) is 7.42. The highest BCUT2D eigenvalue weighted by Gasteiger charge is 2.22. The van der Waals surface area contributed by atoms with Crippen LogP contribution in [-0.4, -0.2) is 11.1 Å². The van der Waals surface area contributed by atoms with E-state index in [4.69, 9.17) is 5.73 Å². The fourth-order valence-corrected chi connectivity index (χ4v) is 3.11. The number of rotatable bonds is 3. The summed E-state index contributed by atoms with van der Waals surface area (Å²) in [4.78, 5) is 11.5. The van der Waals surface area contributed by atoms with Crippen molar-refractivity contribution in [3.63, 3.8) is 0 Å². The van der Waals surface area contributed by atoms with E-state index in [0.29, 0.717) is 5.56 Å². The SMILES string of the molecule is Cc1c(C)c(C)c([C@H](N)c2ccccc2C(=O)O)c(C)c1C. The molecule has 3 nitrogen and oxygen atoms in total. The molecule has 0 radical (unpaired) electrons. The molecular weight excluding hydrogens is 274 g/mol. The molecule has 3 heteroatoms. The first-order valence-electron chi connectivity index (χ1n) is 7.42. The maximum Gasteiger partial charge on any atom is 0.336 e. The molecule has 22 heavy (non-hydrogen) atoms. The number of nitrogens with two attached hydrogens (primary N) is 1. The minimum atomic E-state index is -0.943. The Labute approximate surface area is 131 Å². The molecule has 0 aliphatic carbocycles. The van der Waals surface area contributed by atoms with E-state index in [1.165, 1.54) is 16.7 Å². The largest absolute Gasteiger partial charge is 0.478 e. The van der Waals surface area contributed by atoms with Crippen LogP contribution < -0.4 is 5.73 Å². The number of hydrogen-bond acceptors (Lipinski definition) is 2. The van der Waals surface area contributed by atoms with E-state index < -0.39 is 12.0 Å². The van der Waals surface area contributed by atoms with Gasteiger partial charge >= 0.3 is 5.97 Å². The maximum absolute atomic E-state index is 11.5. The van der Waals surface area contributed by atoms with Crippen LogP contribution in [0.5, 0.6) is 0 Å². The Bertz CT molecular complexity index is 718. The van der Waals surface area contributed by atoms with E-state index in [-0.39, 0.29) is 5.56 Å². The van der Waals surface area contributed by atoms with Crippen molar-refractivity contribution in [1.29, 1.82) is 0 Å². The Morgan fingerprint density at radius 3 is 1.86 bits per heavy atom. The Kier molecular flexibility index (Phi) is 4.38. The summed E-state index contributed by atoms with van der Waals surface area (Å²) in [5.41, 5.74) is 14.5. The van der Waals surface area contributed by atoms with E-state index in [1.807, 2.05) is 6.07 Å². The number of hydrogen-bond donors (Lipinski definition) is 2. The van der Waals surface area contributed by atoms with Gasteiger partial charge in [-0.15, -0.1) is 0 Å². The van der Waals surface area contributed by atoms with Crippen LogP contribution in [0.4, 0.5) is 0 Å². The summed E-state index contributed by atoms with van der Waals surface area (Å²) < 4.78 is 0.